The predicted molar refractivity (Wildman–Crippen MR) is 77.9 cm³/mol. The molecule has 5 heteroatoms. The van der Waals surface area contributed by atoms with Crippen molar-refractivity contribution in [2.45, 2.75) is 45.6 Å². The van der Waals surface area contributed by atoms with Crippen LogP contribution in [0.1, 0.15) is 40.0 Å². The van der Waals surface area contributed by atoms with Gasteiger partial charge in [-0.25, -0.2) is 0 Å². The van der Waals surface area contributed by atoms with Gasteiger partial charge in [0.15, 0.2) is 0 Å². The van der Waals surface area contributed by atoms with Crippen molar-refractivity contribution in [2.24, 2.45) is 17.6 Å². The van der Waals surface area contributed by atoms with Crippen molar-refractivity contribution in [3.63, 3.8) is 0 Å². The molecule has 20 heavy (non-hydrogen) atoms. The summed E-state index contributed by atoms with van der Waals surface area (Å²) in [6.07, 6.45) is 2.71. The summed E-state index contributed by atoms with van der Waals surface area (Å²) in [5, 5.41) is 0. The number of piperazine rings is 1. The van der Waals surface area contributed by atoms with Crippen LogP contribution in [0.15, 0.2) is 0 Å². The third-order valence-electron chi connectivity index (χ3n) is 4.39. The second kappa shape index (κ2) is 5.72. The van der Waals surface area contributed by atoms with Crippen LogP contribution >= 0.6 is 0 Å². The average molecular weight is 281 g/mol. The van der Waals surface area contributed by atoms with Gasteiger partial charge in [-0.1, -0.05) is 13.8 Å². The number of nitrogens with zero attached hydrogens (tertiary/aromatic N) is 2. The SMILES string of the molecule is CC(C)CC(=O)N1CCN(C(=O)C(C)(N)C2CC2)CC1. The molecule has 2 amide bonds. The van der Waals surface area contributed by atoms with Crippen molar-refractivity contribution in [3.05, 3.63) is 0 Å². The smallest absolute Gasteiger partial charge is 0.242 e. The summed E-state index contributed by atoms with van der Waals surface area (Å²) in [7, 11) is 0. The number of carbonyl (C=O) groups excluding carboxylic acids is 2. The summed E-state index contributed by atoms with van der Waals surface area (Å²) >= 11 is 0. The minimum atomic E-state index is -0.718. The van der Waals surface area contributed by atoms with Gasteiger partial charge in [0.25, 0.3) is 0 Å². The van der Waals surface area contributed by atoms with Gasteiger partial charge in [0.2, 0.25) is 11.8 Å². The first-order chi connectivity index (χ1) is 9.32. The van der Waals surface area contributed by atoms with Gasteiger partial charge in [0, 0.05) is 32.6 Å². The van der Waals surface area contributed by atoms with Gasteiger partial charge in [-0.15, -0.1) is 0 Å². The molecule has 0 spiro atoms. The average Bonchev–Trinajstić information content (AvgIpc) is 3.21. The van der Waals surface area contributed by atoms with Crippen molar-refractivity contribution in [2.75, 3.05) is 26.2 Å². The Morgan fingerprint density at radius 2 is 1.65 bits per heavy atom. The van der Waals surface area contributed by atoms with E-state index in [1.807, 2.05) is 30.6 Å². The van der Waals surface area contributed by atoms with E-state index in [-0.39, 0.29) is 11.8 Å². The van der Waals surface area contributed by atoms with E-state index < -0.39 is 5.54 Å². The van der Waals surface area contributed by atoms with Crippen molar-refractivity contribution >= 4 is 11.8 Å². The Kier molecular flexibility index (Phi) is 4.37. The fourth-order valence-corrected chi connectivity index (χ4v) is 2.84. The van der Waals surface area contributed by atoms with Crippen LogP contribution in [0.4, 0.5) is 0 Å². The van der Waals surface area contributed by atoms with E-state index in [1.165, 1.54) is 0 Å². The Morgan fingerprint density at radius 1 is 1.15 bits per heavy atom. The third kappa shape index (κ3) is 3.32. The minimum Gasteiger partial charge on any atom is -0.339 e. The van der Waals surface area contributed by atoms with Gasteiger partial charge in [-0.05, 0) is 31.6 Å². The number of rotatable bonds is 4. The molecule has 5 nitrogen and oxygen atoms in total. The van der Waals surface area contributed by atoms with E-state index in [0.29, 0.717) is 44.4 Å². The maximum Gasteiger partial charge on any atom is 0.242 e. The molecule has 1 saturated carbocycles. The molecule has 0 aromatic carbocycles. The lowest BCUT2D eigenvalue weighted by Gasteiger charge is -2.38. The summed E-state index contributed by atoms with van der Waals surface area (Å²) in [6, 6.07) is 0. The standard InChI is InChI=1S/C15H27N3O2/c1-11(2)10-13(19)17-6-8-18(9-7-17)14(20)15(3,16)12-4-5-12/h11-12H,4-10,16H2,1-3H3. The quantitative estimate of drug-likeness (QED) is 0.830. The number of amides is 2. The van der Waals surface area contributed by atoms with E-state index >= 15 is 0 Å². The van der Waals surface area contributed by atoms with Crippen LogP contribution in [0.25, 0.3) is 0 Å². The van der Waals surface area contributed by atoms with Gasteiger partial charge in [0.1, 0.15) is 0 Å². The zero-order valence-electron chi connectivity index (χ0n) is 12.9. The van der Waals surface area contributed by atoms with Crippen molar-refractivity contribution in [1.29, 1.82) is 0 Å². The molecule has 1 aliphatic carbocycles. The lowest BCUT2D eigenvalue weighted by molar-refractivity contribution is -0.143. The molecular formula is C15H27N3O2. The molecule has 2 N–H and O–H groups in total. The van der Waals surface area contributed by atoms with Crippen LogP contribution in [0.2, 0.25) is 0 Å². The van der Waals surface area contributed by atoms with Gasteiger partial charge in [-0.3, -0.25) is 9.59 Å². The summed E-state index contributed by atoms with van der Waals surface area (Å²) in [5.74, 6) is 0.973. The predicted octanol–water partition coefficient (Wildman–Crippen LogP) is 0.831. The van der Waals surface area contributed by atoms with E-state index in [9.17, 15) is 9.59 Å². The zero-order chi connectivity index (χ0) is 14.9. The van der Waals surface area contributed by atoms with Gasteiger partial charge >= 0.3 is 0 Å². The van der Waals surface area contributed by atoms with Crippen LogP contribution in [-0.4, -0.2) is 53.3 Å². The highest BCUT2D eigenvalue weighted by Crippen LogP contribution is 2.39. The Labute approximate surface area is 121 Å². The monoisotopic (exact) mass is 281 g/mol. The summed E-state index contributed by atoms with van der Waals surface area (Å²) in [4.78, 5) is 28.2. The van der Waals surface area contributed by atoms with Gasteiger partial charge < -0.3 is 15.5 Å². The summed E-state index contributed by atoms with van der Waals surface area (Å²) < 4.78 is 0. The van der Waals surface area contributed by atoms with Gasteiger partial charge in [0.05, 0.1) is 5.54 Å². The Bertz CT molecular complexity index is 381. The fourth-order valence-electron chi connectivity index (χ4n) is 2.84. The molecule has 1 saturated heterocycles. The number of hydrogen-bond donors (Lipinski definition) is 1. The van der Waals surface area contributed by atoms with Crippen molar-refractivity contribution in [3.8, 4) is 0 Å². The molecule has 1 atom stereocenters. The van der Waals surface area contributed by atoms with E-state index in [4.69, 9.17) is 5.73 Å². The summed E-state index contributed by atoms with van der Waals surface area (Å²) in [6.45, 7) is 8.45. The summed E-state index contributed by atoms with van der Waals surface area (Å²) in [5.41, 5.74) is 5.47. The van der Waals surface area contributed by atoms with E-state index in [0.717, 1.165) is 12.8 Å². The topological polar surface area (TPSA) is 66.6 Å². The molecule has 2 rings (SSSR count). The maximum atomic E-state index is 12.5. The minimum absolute atomic E-state index is 0.0518. The number of nitrogens with two attached hydrogens (primary N) is 1. The third-order valence-corrected chi connectivity index (χ3v) is 4.39. The molecule has 1 unspecified atom stereocenters. The zero-order valence-corrected chi connectivity index (χ0v) is 12.9. The van der Waals surface area contributed by atoms with Crippen LogP contribution in [0, 0.1) is 11.8 Å². The van der Waals surface area contributed by atoms with E-state index in [1.54, 1.807) is 0 Å². The lowest BCUT2D eigenvalue weighted by atomic mass is 9.95. The van der Waals surface area contributed by atoms with Gasteiger partial charge in [-0.2, -0.15) is 0 Å². The molecule has 0 aromatic heterocycles. The molecule has 0 bridgehead atoms. The molecular weight excluding hydrogens is 254 g/mol. The Hall–Kier alpha value is -1.10. The van der Waals surface area contributed by atoms with Crippen LogP contribution < -0.4 is 5.73 Å². The molecule has 0 radical (unpaired) electrons. The molecule has 1 heterocycles. The van der Waals surface area contributed by atoms with E-state index in [2.05, 4.69) is 0 Å². The second-order valence-corrected chi connectivity index (χ2v) is 6.83. The normalized spacial score (nSPS) is 22.9. The maximum absolute atomic E-state index is 12.5. The Balaban J connectivity index is 1.85. The first-order valence-electron chi connectivity index (χ1n) is 7.68. The highest BCUT2D eigenvalue weighted by Gasteiger charge is 2.46. The lowest BCUT2D eigenvalue weighted by Crippen LogP contribution is -2.59. The highest BCUT2D eigenvalue weighted by molar-refractivity contribution is 5.87. The first-order valence-corrected chi connectivity index (χ1v) is 7.68. The van der Waals surface area contributed by atoms with Crippen LogP contribution in [0.5, 0.6) is 0 Å². The highest BCUT2D eigenvalue weighted by atomic mass is 16.2. The first kappa shape index (κ1) is 15.3. The molecule has 2 fully saturated rings. The van der Waals surface area contributed by atoms with Crippen molar-refractivity contribution in [1.82, 2.24) is 9.80 Å². The molecule has 0 aromatic rings. The Morgan fingerprint density at radius 3 is 2.10 bits per heavy atom. The molecule has 114 valence electrons. The molecule has 1 aliphatic heterocycles. The fraction of sp³-hybridized carbons (Fsp3) is 0.867. The van der Waals surface area contributed by atoms with Crippen LogP contribution in [0.3, 0.4) is 0 Å². The second-order valence-electron chi connectivity index (χ2n) is 6.83. The van der Waals surface area contributed by atoms with Crippen LogP contribution in [-0.2, 0) is 9.59 Å². The largest absolute Gasteiger partial charge is 0.339 e. The molecule has 2 aliphatic rings. The number of carbonyl (C=O) groups is 2. The number of hydrogen-bond acceptors (Lipinski definition) is 3. The van der Waals surface area contributed by atoms with Crippen molar-refractivity contribution < 1.29 is 9.59 Å².